The molecule has 3 nitrogen and oxygen atoms in total. The van der Waals surface area contributed by atoms with E-state index in [4.69, 9.17) is 0 Å². The van der Waals surface area contributed by atoms with Gasteiger partial charge in [0, 0.05) is 6.04 Å². The highest BCUT2D eigenvalue weighted by molar-refractivity contribution is 7.91. The third-order valence-electron chi connectivity index (χ3n) is 3.09. The van der Waals surface area contributed by atoms with Gasteiger partial charge in [-0.15, -0.1) is 0 Å². The minimum Gasteiger partial charge on any atom is -0.314 e. The van der Waals surface area contributed by atoms with E-state index in [2.05, 4.69) is 19.2 Å². The summed E-state index contributed by atoms with van der Waals surface area (Å²) in [6, 6.07) is 0.409. The highest BCUT2D eigenvalue weighted by Crippen LogP contribution is 2.24. The molecular formula is C11H23NO2S. The first kappa shape index (κ1) is 13.0. The van der Waals surface area contributed by atoms with E-state index >= 15 is 0 Å². The molecule has 0 aromatic heterocycles. The lowest BCUT2D eigenvalue weighted by Gasteiger charge is -2.23. The Balaban J connectivity index is 2.49. The molecule has 1 saturated heterocycles. The summed E-state index contributed by atoms with van der Waals surface area (Å²) in [5, 5.41) is 3.49. The molecule has 0 aromatic carbocycles. The maximum absolute atomic E-state index is 11.4. The summed E-state index contributed by atoms with van der Waals surface area (Å²) < 4.78 is 22.8. The van der Waals surface area contributed by atoms with E-state index in [1.54, 1.807) is 0 Å². The molecule has 1 aliphatic rings. The van der Waals surface area contributed by atoms with Crippen molar-refractivity contribution in [3.8, 4) is 0 Å². The Labute approximate surface area is 93.6 Å². The van der Waals surface area contributed by atoms with Crippen molar-refractivity contribution in [3.63, 3.8) is 0 Å². The molecule has 0 aromatic rings. The first-order valence-electron chi connectivity index (χ1n) is 6.03. The Morgan fingerprint density at radius 2 is 2.07 bits per heavy atom. The van der Waals surface area contributed by atoms with Crippen molar-refractivity contribution < 1.29 is 8.42 Å². The van der Waals surface area contributed by atoms with Gasteiger partial charge in [0.05, 0.1) is 11.5 Å². The number of hydrogen-bond donors (Lipinski definition) is 1. The maximum Gasteiger partial charge on any atom is 0.150 e. The van der Waals surface area contributed by atoms with Gasteiger partial charge in [-0.05, 0) is 31.7 Å². The number of nitrogens with one attached hydrogen (secondary N) is 1. The molecule has 0 aliphatic carbocycles. The second-order valence-electron chi connectivity index (χ2n) is 4.51. The SMILES string of the molecule is CCCNC(CCC)C1CCS(=O)(=O)C1. The van der Waals surface area contributed by atoms with Crippen LogP contribution in [0.3, 0.4) is 0 Å². The van der Waals surface area contributed by atoms with E-state index in [0.29, 0.717) is 23.5 Å². The first-order valence-corrected chi connectivity index (χ1v) is 7.85. The van der Waals surface area contributed by atoms with Gasteiger partial charge in [-0.1, -0.05) is 20.3 Å². The molecule has 15 heavy (non-hydrogen) atoms. The van der Waals surface area contributed by atoms with Crippen LogP contribution in [0.1, 0.15) is 39.5 Å². The van der Waals surface area contributed by atoms with Crippen molar-refractivity contribution in [2.75, 3.05) is 18.1 Å². The third-order valence-corrected chi connectivity index (χ3v) is 4.89. The van der Waals surface area contributed by atoms with Gasteiger partial charge in [-0.3, -0.25) is 0 Å². The highest BCUT2D eigenvalue weighted by atomic mass is 32.2. The van der Waals surface area contributed by atoms with Crippen LogP contribution in [0.5, 0.6) is 0 Å². The molecule has 1 aliphatic heterocycles. The van der Waals surface area contributed by atoms with Crippen LogP contribution in [-0.2, 0) is 9.84 Å². The maximum atomic E-state index is 11.4. The third kappa shape index (κ3) is 4.11. The zero-order valence-electron chi connectivity index (χ0n) is 9.83. The smallest absolute Gasteiger partial charge is 0.150 e. The molecule has 2 atom stereocenters. The molecule has 0 spiro atoms. The summed E-state index contributed by atoms with van der Waals surface area (Å²) in [6.45, 7) is 5.30. The van der Waals surface area contributed by atoms with Gasteiger partial charge < -0.3 is 5.32 Å². The number of hydrogen-bond acceptors (Lipinski definition) is 3. The van der Waals surface area contributed by atoms with Crippen molar-refractivity contribution in [1.82, 2.24) is 5.32 Å². The fourth-order valence-electron chi connectivity index (χ4n) is 2.29. The second kappa shape index (κ2) is 5.85. The molecule has 90 valence electrons. The van der Waals surface area contributed by atoms with Gasteiger partial charge in [0.25, 0.3) is 0 Å². The van der Waals surface area contributed by atoms with Crippen LogP contribution < -0.4 is 5.32 Å². The lowest BCUT2D eigenvalue weighted by atomic mass is 9.95. The summed E-state index contributed by atoms with van der Waals surface area (Å²) >= 11 is 0. The summed E-state index contributed by atoms with van der Waals surface area (Å²) in [5.74, 6) is 1.14. The Bertz CT molecular complexity index is 274. The standard InChI is InChI=1S/C11H23NO2S/c1-3-5-11(12-7-4-2)10-6-8-15(13,14)9-10/h10-12H,3-9H2,1-2H3. The minimum atomic E-state index is -2.72. The molecule has 1 rings (SSSR count). The second-order valence-corrected chi connectivity index (χ2v) is 6.74. The van der Waals surface area contributed by atoms with Gasteiger partial charge in [0.1, 0.15) is 0 Å². The fraction of sp³-hybridized carbons (Fsp3) is 1.00. The van der Waals surface area contributed by atoms with Gasteiger partial charge in [0.2, 0.25) is 0 Å². The molecule has 1 fully saturated rings. The van der Waals surface area contributed by atoms with E-state index in [1.165, 1.54) is 0 Å². The zero-order chi connectivity index (χ0) is 11.3. The van der Waals surface area contributed by atoms with Crippen molar-refractivity contribution in [3.05, 3.63) is 0 Å². The fourth-order valence-corrected chi connectivity index (χ4v) is 4.17. The molecule has 0 bridgehead atoms. The first-order chi connectivity index (χ1) is 7.09. The lowest BCUT2D eigenvalue weighted by Crippen LogP contribution is -2.37. The molecule has 0 radical (unpaired) electrons. The van der Waals surface area contributed by atoms with Gasteiger partial charge >= 0.3 is 0 Å². The van der Waals surface area contributed by atoms with Crippen molar-refractivity contribution in [2.45, 2.75) is 45.6 Å². The normalized spacial score (nSPS) is 26.7. The average molecular weight is 233 g/mol. The van der Waals surface area contributed by atoms with E-state index in [0.717, 1.165) is 32.2 Å². The number of sulfone groups is 1. The van der Waals surface area contributed by atoms with Crippen LogP contribution in [0.4, 0.5) is 0 Å². The molecule has 1 heterocycles. The van der Waals surface area contributed by atoms with E-state index in [-0.39, 0.29) is 0 Å². The Morgan fingerprint density at radius 1 is 1.33 bits per heavy atom. The summed E-state index contributed by atoms with van der Waals surface area (Å²) in [6.07, 6.45) is 4.18. The van der Waals surface area contributed by atoms with Crippen LogP contribution in [0.2, 0.25) is 0 Å². The lowest BCUT2D eigenvalue weighted by molar-refractivity contribution is 0.359. The zero-order valence-corrected chi connectivity index (χ0v) is 10.6. The molecular weight excluding hydrogens is 210 g/mol. The van der Waals surface area contributed by atoms with Crippen LogP contribution in [0.15, 0.2) is 0 Å². The summed E-state index contributed by atoms with van der Waals surface area (Å²) in [4.78, 5) is 0. The van der Waals surface area contributed by atoms with Crippen molar-refractivity contribution in [2.24, 2.45) is 5.92 Å². The summed E-state index contributed by atoms with van der Waals surface area (Å²) in [7, 11) is -2.72. The van der Waals surface area contributed by atoms with E-state index in [9.17, 15) is 8.42 Å². The van der Waals surface area contributed by atoms with Crippen LogP contribution >= 0.6 is 0 Å². The summed E-state index contributed by atoms with van der Waals surface area (Å²) in [5.41, 5.74) is 0. The number of rotatable bonds is 6. The topological polar surface area (TPSA) is 46.2 Å². The molecule has 1 N–H and O–H groups in total. The highest BCUT2D eigenvalue weighted by Gasteiger charge is 2.32. The van der Waals surface area contributed by atoms with Gasteiger partial charge in [0.15, 0.2) is 9.84 Å². The van der Waals surface area contributed by atoms with Crippen LogP contribution in [0, 0.1) is 5.92 Å². The van der Waals surface area contributed by atoms with E-state index < -0.39 is 9.84 Å². The predicted octanol–water partition coefficient (Wildman–Crippen LogP) is 1.59. The van der Waals surface area contributed by atoms with Crippen molar-refractivity contribution >= 4 is 9.84 Å². The average Bonchev–Trinajstić information content (AvgIpc) is 2.53. The van der Waals surface area contributed by atoms with Crippen LogP contribution in [-0.4, -0.2) is 32.5 Å². The largest absolute Gasteiger partial charge is 0.314 e. The molecule has 0 saturated carbocycles. The molecule has 4 heteroatoms. The molecule has 2 unspecified atom stereocenters. The Kier molecular flexibility index (Phi) is 5.06. The van der Waals surface area contributed by atoms with E-state index in [1.807, 2.05) is 0 Å². The van der Waals surface area contributed by atoms with Crippen molar-refractivity contribution in [1.29, 1.82) is 0 Å². The molecule has 0 amide bonds. The van der Waals surface area contributed by atoms with Gasteiger partial charge in [-0.2, -0.15) is 0 Å². The quantitative estimate of drug-likeness (QED) is 0.758. The van der Waals surface area contributed by atoms with Crippen LogP contribution in [0.25, 0.3) is 0 Å². The Morgan fingerprint density at radius 3 is 2.53 bits per heavy atom. The monoisotopic (exact) mass is 233 g/mol. The Hall–Kier alpha value is -0.0900. The predicted molar refractivity (Wildman–Crippen MR) is 63.8 cm³/mol. The minimum absolute atomic E-state index is 0.349. The van der Waals surface area contributed by atoms with Gasteiger partial charge in [-0.25, -0.2) is 8.42 Å².